The van der Waals surface area contributed by atoms with Crippen molar-refractivity contribution >= 4 is 13.3 Å². The van der Waals surface area contributed by atoms with Gasteiger partial charge < -0.3 is 0 Å². The number of nitrogens with zero attached hydrogens (tertiary/aromatic N) is 1. The van der Waals surface area contributed by atoms with Crippen LogP contribution in [0.2, 0.25) is 19.6 Å². The van der Waals surface area contributed by atoms with Crippen molar-refractivity contribution in [1.82, 2.24) is 4.98 Å². The monoisotopic (exact) mass is 234 g/mol. The van der Waals surface area contributed by atoms with Crippen LogP contribution in [0.15, 0.2) is 48.5 Å². The number of rotatable bonds is 2. The maximum atomic E-state index is 8.20. The fraction of sp³-hybridized carbons (Fsp3) is 0.214. The Kier molecular flexibility index (Phi) is 1.39. The van der Waals surface area contributed by atoms with E-state index in [4.69, 9.17) is 9.60 Å². The molecule has 0 aliphatic carbocycles. The second kappa shape index (κ2) is 4.22. The van der Waals surface area contributed by atoms with Crippen molar-refractivity contribution in [2.24, 2.45) is 0 Å². The molecule has 1 heterocycles. The summed E-state index contributed by atoms with van der Waals surface area (Å²) in [5.74, 6) is 0. The van der Waals surface area contributed by atoms with Gasteiger partial charge in [0.1, 0.15) is 0 Å². The van der Waals surface area contributed by atoms with E-state index in [1.807, 2.05) is 19.6 Å². The smallest absolute Gasteiger partial charge is 0.0839 e. The van der Waals surface area contributed by atoms with Crippen LogP contribution in [0.4, 0.5) is 0 Å². The summed E-state index contributed by atoms with van der Waals surface area (Å²) < 4.78 is 55.4. The Labute approximate surface area is 108 Å². The van der Waals surface area contributed by atoms with Crippen LogP contribution in [-0.2, 0) is 0 Å². The van der Waals surface area contributed by atoms with Gasteiger partial charge in [0, 0.05) is 11.7 Å². The van der Waals surface area contributed by atoms with Crippen molar-refractivity contribution in [3.8, 4) is 11.3 Å². The zero-order valence-electron chi connectivity index (χ0n) is 16.5. The number of pyridine rings is 1. The zero-order chi connectivity index (χ0) is 17.7. The van der Waals surface area contributed by atoms with Gasteiger partial charge in [0.2, 0.25) is 0 Å². The van der Waals surface area contributed by atoms with Gasteiger partial charge in [0.15, 0.2) is 0 Å². The molecular formula is C14H17NSi. The minimum Gasteiger partial charge on any atom is -0.256 e. The van der Waals surface area contributed by atoms with Gasteiger partial charge in [0.05, 0.1) is 23.4 Å². The Morgan fingerprint density at radius 1 is 1.06 bits per heavy atom. The maximum Gasteiger partial charge on any atom is 0.0839 e. The molecule has 1 nitrogen and oxygen atoms in total. The molecule has 1 aromatic heterocycles. The molecule has 0 unspecified atom stereocenters. The molecule has 0 saturated heterocycles. The predicted molar refractivity (Wildman–Crippen MR) is 72.7 cm³/mol. The molecule has 0 N–H and O–H groups in total. The van der Waals surface area contributed by atoms with Crippen LogP contribution in [0.1, 0.15) is 9.60 Å². The molecule has 1 aromatic carbocycles. The third-order valence-corrected chi connectivity index (χ3v) is 3.88. The normalized spacial score (nSPS) is 17.6. The van der Waals surface area contributed by atoms with Gasteiger partial charge in [0.25, 0.3) is 0 Å². The van der Waals surface area contributed by atoms with Gasteiger partial charge in [-0.2, -0.15) is 0 Å². The molecule has 0 aliphatic rings. The van der Waals surface area contributed by atoms with Gasteiger partial charge in [-0.1, -0.05) is 55.9 Å². The second-order valence-corrected chi connectivity index (χ2v) is 9.52. The van der Waals surface area contributed by atoms with Crippen molar-refractivity contribution in [2.45, 2.75) is 19.6 Å². The Bertz CT molecular complexity index is 799. The lowest BCUT2D eigenvalue weighted by Gasteiger charge is -2.16. The van der Waals surface area contributed by atoms with Crippen molar-refractivity contribution in [3.05, 3.63) is 48.5 Å². The molecule has 0 atom stereocenters. The fourth-order valence-electron chi connectivity index (χ4n) is 1.18. The highest BCUT2D eigenvalue weighted by atomic mass is 28.3. The first-order valence-corrected chi connectivity index (χ1v) is 8.52. The molecule has 0 bridgehead atoms. The largest absolute Gasteiger partial charge is 0.256 e. The molecular weight excluding hydrogens is 210 g/mol. The van der Waals surface area contributed by atoms with E-state index in [0.717, 1.165) is 0 Å². The van der Waals surface area contributed by atoms with Crippen LogP contribution in [0.3, 0.4) is 0 Å². The summed E-state index contributed by atoms with van der Waals surface area (Å²) in [6.07, 6.45) is -0.0902. The number of benzene rings is 1. The zero-order valence-corrected chi connectivity index (χ0v) is 10.5. The average molecular weight is 234 g/mol. The maximum absolute atomic E-state index is 8.20. The summed E-state index contributed by atoms with van der Waals surface area (Å²) in [6.45, 7) is 5.90. The standard InChI is InChI=1S/C14H17NSi/c1-16(2,3)13-9-10-14(15-11-13)12-7-5-4-6-8-12/h4-11H,1-3H3/i4D,5D,6D,7D,9D,10D,11D. The average Bonchev–Trinajstić information content (AvgIpc) is 2.43. The highest BCUT2D eigenvalue weighted by molar-refractivity contribution is 6.88. The molecule has 0 saturated carbocycles. The highest BCUT2D eigenvalue weighted by Gasteiger charge is 2.16. The van der Waals surface area contributed by atoms with E-state index in [-0.39, 0.29) is 47.6 Å². The Morgan fingerprint density at radius 3 is 2.62 bits per heavy atom. The quantitative estimate of drug-likeness (QED) is 0.727. The van der Waals surface area contributed by atoms with E-state index in [9.17, 15) is 0 Å². The summed E-state index contributed by atoms with van der Waals surface area (Å²) in [4.78, 5) is 4.09. The number of hydrogen-bond donors (Lipinski definition) is 0. The molecule has 0 spiro atoms. The summed E-state index contributed by atoms with van der Waals surface area (Å²) >= 11 is 0. The van der Waals surface area contributed by atoms with E-state index in [2.05, 4.69) is 4.98 Å². The first-order valence-electron chi connectivity index (χ1n) is 8.52. The van der Waals surface area contributed by atoms with Crippen LogP contribution in [0.5, 0.6) is 0 Å². The Morgan fingerprint density at radius 2 is 1.88 bits per heavy atom. The molecule has 16 heavy (non-hydrogen) atoms. The van der Waals surface area contributed by atoms with E-state index >= 15 is 0 Å². The molecule has 2 rings (SSSR count). The second-order valence-electron chi connectivity index (χ2n) is 4.52. The minimum atomic E-state index is -2.03. The van der Waals surface area contributed by atoms with E-state index in [1.165, 1.54) is 6.07 Å². The molecule has 0 aliphatic heterocycles. The van der Waals surface area contributed by atoms with Crippen molar-refractivity contribution in [1.29, 1.82) is 0 Å². The van der Waals surface area contributed by atoms with Crippen LogP contribution < -0.4 is 5.19 Å². The predicted octanol–water partition coefficient (Wildman–Crippen LogP) is 3.29. The molecule has 0 radical (unpaired) electrons. The molecule has 82 valence electrons. The van der Waals surface area contributed by atoms with Gasteiger partial charge >= 0.3 is 0 Å². The minimum absolute atomic E-state index is 0.0464. The third kappa shape index (κ3) is 2.39. The summed E-state index contributed by atoms with van der Waals surface area (Å²) in [6, 6.07) is -0.408. The van der Waals surface area contributed by atoms with Crippen molar-refractivity contribution < 1.29 is 9.60 Å². The summed E-state index contributed by atoms with van der Waals surface area (Å²) in [7, 11) is -2.03. The summed E-state index contributed by atoms with van der Waals surface area (Å²) in [5.41, 5.74) is -0.000809. The lowest BCUT2D eigenvalue weighted by atomic mass is 10.1. The van der Waals surface area contributed by atoms with Gasteiger partial charge in [-0.15, -0.1) is 0 Å². The van der Waals surface area contributed by atoms with E-state index in [0.29, 0.717) is 5.19 Å². The Balaban J connectivity index is 2.83. The lowest BCUT2D eigenvalue weighted by molar-refractivity contribution is 1.34. The lowest BCUT2D eigenvalue weighted by Crippen LogP contribution is -2.37. The molecule has 0 fully saturated rings. The van der Waals surface area contributed by atoms with E-state index in [1.54, 1.807) is 0 Å². The van der Waals surface area contributed by atoms with Crippen LogP contribution in [0.25, 0.3) is 11.3 Å². The van der Waals surface area contributed by atoms with Gasteiger partial charge in [-0.25, -0.2) is 0 Å². The van der Waals surface area contributed by atoms with Crippen LogP contribution in [0, 0.1) is 0 Å². The van der Waals surface area contributed by atoms with E-state index < -0.39 is 14.1 Å². The first-order chi connectivity index (χ1) is 10.5. The van der Waals surface area contributed by atoms with Gasteiger partial charge in [-0.05, 0) is 11.2 Å². The number of hydrogen-bond acceptors (Lipinski definition) is 1. The Hall–Kier alpha value is -1.41. The van der Waals surface area contributed by atoms with Gasteiger partial charge in [-0.3, -0.25) is 4.98 Å². The topological polar surface area (TPSA) is 12.9 Å². The first kappa shape index (κ1) is 5.28. The third-order valence-electron chi connectivity index (χ3n) is 2.14. The molecule has 2 aromatic rings. The molecule has 0 amide bonds. The van der Waals surface area contributed by atoms with Crippen LogP contribution in [-0.4, -0.2) is 13.1 Å². The summed E-state index contributed by atoms with van der Waals surface area (Å²) in [5, 5.41) is 0.479. The highest BCUT2D eigenvalue weighted by Crippen LogP contribution is 2.15. The number of aromatic nitrogens is 1. The fourth-order valence-corrected chi connectivity index (χ4v) is 2.01. The van der Waals surface area contributed by atoms with Crippen molar-refractivity contribution in [3.63, 3.8) is 0 Å². The van der Waals surface area contributed by atoms with Crippen LogP contribution >= 0.6 is 0 Å². The SMILES string of the molecule is [2H]c1cc(-c2nc([2H])c([Si](C)(C)C)c([2H])c2[2H])c([2H])c([2H])c1[2H]. The van der Waals surface area contributed by atoms with Crippen molar-refractivity contribution in [2.75, 3.05) is 0 Å². The molecule has 2 heteroatoms.